The van der Waals surface area contributed by atoms with E-state index in [9.17, 15) is 29.0 Å². The minimum absolute atomic E-state index is 0.213. The number of hydrogen-bond acceptors (Lipinski definition) is 6. The molecule has 0 radical (unpaired) electrons. The zero-order chi connectivity index (χ0) is 21.0. The highest BCUT2D eigenvalue weighted by Gasteiger charge is 2.79. The molecule has 2 bridgehead atoms. The Labute approximate surface area is 159 Å². The molecule has 4 atom stereocenters. The van der Waals surface area contributed by atoms with Crippen molar-refractivity contribution in [2.45, 2.75) is 38.3 Å². The van der Waals surface area contributed by atoms with Gasteiger partial charge >= 0.3 is 6.18 Å². The first-order chi connectivity index (χ1) is 13.1. The number of ether oxygens (including phenoxy) is 2. The van der Waals surface area contributed by atoms with Crippen LogP contribution in [0.4, 0.5) is 13.2 Å². The van der Waals surface area contributed by atoms with Crippen molar-refractivity contribution in [1.29, 1.82) is 21.2 Å². The minimum atomic E-state index is -4.77. The topological polar surface area (TPSA) is 114 Å². The maximum atomic E-state index is 13.6. The molecule has 0 saturated carbocycles. The third kappa shape index (κ3) is 2.13. The molecular weight excluding hydrogens is 373 g/mol. The van der Waals surface area contributed by atoms with E-state index < -0.39 is 51.8 Å². The first kappa shape index (κ1) is 19.7. The van der Waals surface area contributed by atoms with Crippen LogP contribution >= 0.6 is 0 Å². The summed E-state index contributed by atoms with van der Waals surface area (Å²) in [5.41, 5.74) is -6.00. The number of fused-ring (bicyclic) bond motifs is 2. The number of nitrogens with one attached hydrogen (secondary N) is 1. The Bertz CT molecular complexity index is 957. The Balaban J connectivity index is 2.38. The van der Waals surface area contributed by atoms with Crippen LogP contribution in [0.5, 0.6) is 0 Å². The van der Waals surface area contributed by atoms with Gasteiger partial charge in [0.25, 0.3) is 0 Å². The molecule has 28 heavy (non-hydrogen) atoms. The van der Waals surface area contributed by atoms with Crippen molar-refractivity contribution in [2.75, 3.05) is 0 Å². The maximum Gasteiger partial charge on any atom is 0.416 e. The van der Waals surface area contributed by atoms with Gasteiger partial charge in [-0.2, -0.15) is 29.0 Å². The summed E-state index contributed by atoms with van der Waals surface area (Å²) in [6, 6.07) is 9.78. The summed E-state index contributed by atoms with van der Waals surface area (Å²) in [6.07, 6.45) is -6.30. The molecule has 1 N–H and O–H groups in total. The quantitative estimate of drug-likeness (QED) is 0.820. The van der Waals surface area contributed by atoms with Crippen LogP contribution in [-0.4, -0.2) is 11.7 Å². The van der Waals surface area contributed by atoms with E-state index in [2.05, 4.69) is 0 Å². The fourth-order valence-corrected chi connectivity index (χ4v) is 4.49. The van der Waals surface area contributed by atoms with Gasteiger partial charge in [0.1, 0.15) is 6.10 Å². The summed E-state index contributed by atoms with van der Waals surface area (Å²) in [5, 5.41) is 38.1. The van der Waals surface area contributed by atoms with Crippen LogP contribution in [0.3, 0.4) is 0 Å². The third-order valence-corrected chi connectivity index (χ3v) is 5.67. The number of nitrogens with zero attached hydrogens (tertiary/aromatic N) is 3. The van der Waals surface area contributed by atoms with Crippen molar-refractivity contribution in [1.82, 2.24) is 0 Å². The van der Waals surface area contributed by atoms with Gasteiger partial charge in [0.15, 0.2) is 5.41 Å². The van der Waals surface area contributed by atoms with Gasteiger partial charge in [-0.3, -0.25) is 5.41 Å². The van der Waals surface area contributed by atoms with E-state index in [4.69, 9.17) is 14.9 Å². The molecule has 4 unspecified atom stereocenters. The first-order valence-corrected chi connectivity index (χ1v) is 8.43. The molecular formula is C19H15F3N4O2. The van der Waals surface area contributed by atoms with Gasteiger partial charge in [0.05, 0.1) is 29.7 Å². The molecule has 3 rings (SSSR count). The number of benzene rings is 1. The predicted octanol–water partition coefficient (Wildman–Crippen LogP) is 4.07. The fraction of sp³-hybridized carbons (Fsp3) is 0.474. The van der Waals surface area contributed by atoms with Crippen molar-refractivity contribution >= 4 is 5.90 Å². The Hall–Kier alpha value is -3.09. The molecule has 2 aliphatic heterocycles. The second-order valence-corrected chi connectivity index (χ2v) is 6.94. The van der Waals surface area contributed by atoms with Crippen molar-refractivity contribution < 1.29 is 22.6 Å². The fourth-order valence-electron chi connectivity index (χ4n) is 4.49. The van der Waals surface area contributed by atoms with Gasteiger partial charge in [-0.25, -0.2) is 0 Å². The zero-order valence-corrected chi connectivity index (χ0v) is 15.0. The molecule has 0 amide bonds. The lowest BCUT2D eigenvalue weighted by Crippen LogP contribution is -2.58. The Morgan fingerprint density at radius 1 is 1.14 bits per heavy atom. The molecule has 0 aromatic heterocycles. The molecule has 2 aliphatic rings. The molecule has 2 saturated heterocycles. The average molecular weight is 388 g/mol. The van der Waals surface area contributed by atoms with Crippen molar-refractivity contribution in [2.24, 2.45) is 16.7 Å². The average Bonchev–Trinajstić information content (AvgIpc) is 2.83. The van der Waals surface area contributed by atoms with Crippen molar-refractivity contribution in [3.63, 3.8) is 0 Å². The second-order valence-electron chi connectivity index (χ2n) is 6.94. The van der Waals surface area contributed by atoms with Gasteiger partial charge in [-0.05, 0) is 18.1 Å². The number of hydrogen-bond donors (Lipinski definition) is 1. The van der Waals surface area contributed by atoms with Crippen LogP contribution in [0.25, 0.3) is 0 Å². The highest BCUT2D eigenvalue weighted by atomic mass is 19.4. The van der Waals surface area contributed by atoms with Crippen LogP contribution in [0.1, 0.15) is 37.5 Å². The van der Waals surface area contributed by atoms with Crippen LogP contribution in [0.15, 0.2) is 24.3 Å². The Kier molecular flexibility index (Phi) is 4.18. The van der Waals surface area contributed by atoms with E-state index in [0.717, 1.165) is 12.1 Å². The highest BCUT2D eigenvalue weighted by molar-refractivity contribution is 5.89. The summed E-state index contributed by atoms with van der Waals surface area (Å²) in [6.45, 7) is 3.08. The molecule has 2 fully saturated rings. The van der Waals surface area contributed by atoms with Crippen molar-refractivity contribution in [3.8, 4) is 18.2 Å². The van der Waals surface area contributed by atoms with Crippen LogP contribution in [0.2, 0.25) is 0 Å². The van der Waals surface area contributed by atoms with E-state index in [1.807, 2.05) is 6.07 Å². The summed E-state index contributed by atoms with van der Waals surface area (Å²) in [5.74, 6) is -3.15. The third-order valence-electron chi connectivity index (χ3n) is 5.67. The Morgan fingerprint density at radius 2 is 1.75 bits per heavy atom. The molecule has 9 heteroatoms. The summed E-state index contributed by atoms with van der Waals surface area (Å²) >= 11 is 0. The lowest BCUT2D eigenvalue weighted by molar-refractivity contribution is -0.274. The van der Waals surface area contributed by atoms with Crippen molar-refractivity contribution in [3.05, 3.63) is 35.4 Å². The maximum absolute atomic E-state index is 13.6. The number of halogens is 3. The van der Waals surface area contributed by atoms with Gasteiger partial charge < -0.3 is 9.47 Å². The summed E-state index contributed by atoms with van der Waals surface area (Å²) in [7, 11) is 0. The van der Waals surface area contributed by atoms with E-state index >= 15 is 0 Å². The minimum Gasteiger partial charge on any atom is -0.448 e. The highest BCUT2D eigenvalue weighted by Crippen LogP contribution is 2.67. The molecule has 2 heterocycles. The number of nitriles is 3. The lowest BCUT2D eigenvalue weighted by atomic mass is 9.53. The van der Waals surface area contributed by atoms with Crippen LogP contribution in [0, 0.1) is 56.2 Å². The number of alkyl halides is 3. The first-order valence-electron chi connectivity index (χ1n) is 8.43. The van der Waals surface area contributed by atoms with Crippen LogP contribution in [-0.2, 0) is 15.7 Å². The monoisotopic (exact) mass is 388 g/mol. The lowest BCUT2D eigenvalue weighted by Gasteiger charge is -2.48. The molecule has 0 spiro atoms. The molecule has 6 nitrogen and oxygen atoms in total. The predicted molar refractivity (Wildman–Crippen MR) is 88.0 cm³/mol. The van der Waals surface area contributed by atoms with Gasteiger partial charge in [-0.1, -0.05) is 25.1 Å². The normalized spacial score (nSPS) is 33.3. The van der Waals surface area contributed by atoms with E-state index in [1.54, 1.807) is 19.1 Å². The SMILES string of the molecule is CCC1C2(C)OC(=N)C1(C#N)C(C#N)(C#N)C(c1ccccc1C(F)(F)F)O2. The molecule has 0 aliphatic carbocycles. The van der Waals surface area contributed by atoms with E-state index in [0.29, 0.717) is 0 Å². The molecule has 144 valence electrons. The number of rotatable bonds is 2. The summed E-state index contributed by atoms with van der Waals surface area (Å²) < 4.78 is 52.1. The molecule has 1 aromatic carbocycles. The van der Waals surface area contributed by atoms with Crippen LogP contribution < -0.4 is 0 Å². The summed E-state index contributed by atoms with van der Waals surface area (Å²) in [4.78, 5) is 0. The largest absolute Gasteiger partial charge is 0.448 e. The second kappa shape index (κ2) is 5.95. The van der Waals surface area contributed by atoms with Gasteiger partial charge in [0, 0.05) is 6.92 Å². The van der Waals surface area contributed by atoms with Gasteiger partial charge in [0.2, 0.25) is 17.1 Å². The smallest absolute Gasteiger partial charge is 0.416 e. The zero-order valence-electron chi connectivity index (χ0n) is 15.0. The van der Waals surface area contributed by atoms with Gasteiger partial charge in [-0.15, -0.1) is 0 Å². The molecule has 1 aromatic rings. The van der Waals surface area contributed by atoms with E-state index in [-0.39, 0.29) is 6.42 Å². The standard InChI is InChI=1S/C19H15F3N4O2/c1-3-13-16(2)27-14(11-6-4-5-7-12(11)19(20,21)22)17(8-23,9-24)18(13,10-25)15(26)28-16/h4-7,13-14,26H,3H2,1-2H3. The van der Waals surface area contributed by atoms with E-state index in [1.165, 1.54) is 19.1 Å². The Morgan fingerprint density at radius 3 is 2.25 bits per heavy atom.